The maximum atomic E-state index is 4.68. The quantitative estimate of drug-likeness (QED) is 0.328. The minimum atomic E-state index is 0.804. The summed E-state index contributed by atoms with van der Waals surface area (Å²) in [5, 5.41) is 0. The largest absolute Gasteiger partial charge is 0.319 e. The molecule has 12 heavy (non-hydrogen) atoms. The van der Waals surface area contributed by atoms with Crippen LogP contribution in [0.3, 0.4) is 0 Å². The zero-order valence-corrected chi connectivity index (χ0v) is 9.11. The molecule has 0 N–H and O–H groups in total. The molecule has 0 saturated heterocycles. The lowest BCUT2D eigenvalue weighted by Crippen LogP contribution is -1.85. The Morgan fingerprint density at radius 3 is 1.83 bits per heavy atom. The van der Waals surface area contributed by atoms with Gasteiger partial charge in [-0.2, -0.15) is 0 Å². The molecule has 0 aromatic rings. The van der Waals surface area contributed by atoms with Crippen molar-refractivity contribution in [3.05, 3.63) is 0 Å². The Hall–Kier alpha value is 0.310. The van der Waals surface area contributed by atoms with Crippen LogP contribution in [0.1, 0.15) is 58.3 Å². The van der Waals surface area contributed by atoms with Gasteiger partial charge in [0.25, 0.3) is 0 Å². The highest BCUT2D eigenvalue weighted by molar-refractivity contribution is 7.75. The van der Waals surface area contributed by atoms with Crippen LogP contribution in [0, 0.1) is 0 Å². The molecule has 0 rings (SSSR count). The van der Waals surface area contributed by atoms with Crippen LogP contribution in [0.15, 0.2) is 0 Å². The predicted octanol–water partition coefficient (Wildman–Crippen LogP) is 3.99. The van der Waals surface area contributed by atoms with E-state index in [4.69, 9.17) is 0 Å². The van der Waals surface area contributed by atoms with E-state index in [0.29, 0.717) is 0 Å². The van der Waals surface area contributed by atoms with Gasteiger partial charge in [0.1, 0.15) is 0 Å². The predicted molar refractivity (Wildman–Crippen MR) is 57.5 cm³/mol. The van der Waals surface area contributed by atoms with E-state index in [1.54, 1.807) is 0 Å². The molecule has 0 bridgehead atoms. The maximum Gasteiger partial charge on any atom is 0.0610 e. The Bertz CT molecular complexity index is 66.2. The van der Waals surface area contributed by atoms with E-state index < -0.39 is 0 Å². The van der Waals surface area contributed by atoms with E-state index in [-0.39, 0.29) is 0 Å². The molecule has 0 aliphatic carbocycles. The van der Waals surface area contributed by atoms with Crippen LogP contribution < -0.4 is 0 Å². The molecular weight excluding hydrogens is 168 g/mol. The van der Waals surface area contributed by atoms with Crippen LogP contribution in [0.25, 0.3) is 0 Å². The molecule has 0 saturated carbocycles. The third-order valence-electron chi connectivity index (χ3n) is 2.09. The van der Waals surface area contributed by atoms with Gasteiger partial charge >= 0.3 is 0 Å². The van der Waals surface area contributed by atoms with Crippen LogP contribution in [-0.2, 0) is 4.18 Å². The molecule has 0 heterocycles. The lowest BCUT2D eigenvalue weighted by Gasteiger charge is -1.99. The lowest BCUT2D eigenvalue weighted by atomic mass is 10.1. The van der Waals surface area contributed by atoms with Gasteiger partial charge in [0, 0.05) is 0 Å². The number of hydrogen-bond acceptors (Lipinski definition) is 2. The third-order valence-corrected chi connectivity index (χ3v) is 2.27. The van der Waals surface area contributed by atoms with Gasteiger partial charge in [-0.25, -0.2) is 0 Å². The molecule has 0 atom stereocenters. The van der Waals surface area contributed by atoms with Crippen LogP contribution in [-0.4, -0.2) is 6.61 Å². The molecular formula is C10H22OS. The Labute approximate surface area is 82.5 Å². The first kappa shape index (κ1) is 12.3. The van der Waals surface area contributed by atoms with Gasteiger partial charge in [0.2, 0.25) is 0 Å². The molecule has 0 fully saturated rings. The number of unbranched alkanes of at least 4 members (excludes halogenated alkanes) is 7. The highest BCUT2D eigenvalue weighted by Crippen LogP contribution is 2.08. The van der Waals surface area contributed by atoms with Crippen LogP contribution >= 0.6 is 12.9 Å². The van der Waals surface area contributed by atoms with E-state index in [9.17, 15) is 0 Å². The molecule has 74 valence electrons. The van der Waals surface area contributed by atoms with Crippen molar-refractivity contribution in [1.29, 1.82) is 0 Å². The smallest absolute Gasteiger partial charge is 0.0610 e. The molecule has 0 aliphatic heterocycles. The standard InChI is InChI=1S/C10H22OS/c1-2-3-4-5-6-7-8-9-10-11-12/h12H,2-10H2,1H3. The van der Waals surface area contributed by atoms with Gasteiger partial charge in [0.05, 0.1) is 6.61 Å². The Kier molecular flexibility index (Phi) is 11.6. The minimum Gasteiger partial charge on any atom is -0.319 e. The van der Waals surface area contributed by atoms with E-state index >= 15 is 0 Å². The van der Waals surface area contributed by atoms with Crippen molar-refractivity contribution in [3.8, 4) is 0 Å². The fraction of sp³-hybridized carbons (Fsp3) is 1.00. The van der Waals surface area contributed by atoms with Gasteiger partial charge in [-0.3, -0.25) is 0 Å². The number of hydrogen-bond donors (Lipinski definition) is 1. The lowest BCUT2D eigenvalue weighted by molar-refractivity contribution is 0.361. The van der Waals surface area contributed by atoms with Crippen molar-refractivity contribution in [2.24, 2.45) is 0 Å². The van der Waals surface area contributed by atoms with Gasteiger partial charge < -0.3 is 4.18 Å². The number of rotatable bonds is 9. The summed E-state index contributed by atoms with van der Waals surface area (Å²) in [7, 11) is 0. The summed E-state index contributed by atoms with van der Waals surface area (Å²) < 4.78 is 4.68. The molecule has 1 nitrogen and oxygen atoms in total. The average Bonchev–Trinajstić information content (AvgIpc) is 2.10. The Morgan fingerprint density at radius 2 is 1.33 bits per heavy atom. The van der Waals surface area contributed by atoms with Crippen molar-refractivity contribution < 1.29 is 4.18 Å². The second-order valence-electron chi connectivity index (χ2n) is 3.31. The van der Waals surface area contributed by atoms with E-state index in [1.807, 2.05) is 0 Å². The zero-order valence-electron chi connectivity index (χ0n) is 8.22. The topological polar surface area (TPSA) is 9.23 Å². The van der Waals surface area contributed by atoms with Crippen molar-refractivity contribution in [1.82, 2.24) is 0 Å². The Balaban J connectivity index is 2.73. The summed E-state index contributed by atoms with van der Waals surface area (Å²) in [6.07, 6.45) is 10.8. The van der Waals surface area contributed by atoms with Crippen LogP contribution in [0.4, 0.5) is 0 Å². The first-order valence-electron chi connectivity index (χ1n) is 5.18. The highest BCUT2D eigenvalue weighted by atomic mass is 32.1. The third kappa shape index (κ3) is 10.3. The first-order valence-corrected chi connectivity index (χ1v) is 5.54. The van der Waals surface area contributed by atoms with E-state index in [1.165, 1.54) is 44.9 Å². The van der Waals surface area contributed by atoms with Gasteiger partial charge in [-0.15, -0.1) is 0 Å². The average molecular weight is 190 g/mol. The summed E-state index contributed by atoms with van der Waals surface area (Å²) in [5.41, 5.74) is 0. The molecule has 0 amide bonds. The van der Waals surface area contributed by atoms with Crippen molar-refractivity contribution in [2.75, 3.05) is 6.61 Å². The number of thiol groups is 1. The fourth-order valence-corrected chi connectivity index (χ4v) is 1.43. The molecule has 0 radical (unpaired) electrons. The summed E-state index contributed by atoms with van der Waals surface area (Å²) in [6.45, 7) is 3.06. The summed E-state index contributed by atoms with van der Waals surface area (Å²) in [6, 6.07) is 0. The summed E-state index contributed by atoms with van der Waals surface area (Å²) in [5.74, 6) is 0. The van der Waals surface area contributed by atoms with Crippen molar-refractivity contribution in [3.63, 3.8) is 0 Å². The Morgan fingerprint density at radius 1 is 0.833 bits per heavy atom. The first-order chi connectivity index (χ1) is 5.91. The molecule has 0 aromatic carbocycles. The SMILES string of the molecule is CCCCCCCCCCOS. The molecule has 0 aliphatic rings. The summed E-state index contributed by atoms with van der Waals surface area (Å²) >= 11 is 3.69. The molecule has 2 heteroatoms. The van der Waals surface area contributed by atoms with E-state index in [0.717, 1.165) is 13.0 Å². The van der Waals surface area contributed by atoms with Crippen LogP contribution in [0.5, 0.6) is 0 Å². The molecule has 0 spiro atoms. The van der Waals surface area contributed by atoms with Gasteiger partial charge in [-0.1, -0.05) is 51.9 Å². The molecule has 0 aromatic heterocycles. The van der Waals surface area contributed by atoms with Crippen molar-refractivity contribution in [2.45, 2.75) is 58.3 Å². The highest BCUT2D eigenvalue weighted by Gasteiger charge is 1.90. The van der Waals surface area contributed by atoms with Gasteiger partial charge in [0.15, 0.2) is 0 Å². The zero-order chi connectivity index (χ0) is 9.07. The second-order valence-corrected chi connectivity index (χ2v) is 3.57. The fourth-order valence-electron chi connectivity index (χ4n) is 1.30. The second kappa shape index (κ2) is 11.3. The van der Waals surface area contributed by atoms with Crippen molar-refractivity contribution >= 4 is 12.9 Å². The molecule has 0 unspecified atom stereocenters. The van der Waals surface area contributed by atoms with Crippen LogP contribution in [0.2, 0.25) is 0 Å². The van der Waals surface area contributed by atoms with Gasteiger partial charge in [-0.05, 0) is 19.3 Å². The monoisotopic (exact) mass is 190 g/mol. The minimum absolute atomic E-state index is 0.804. The maximum absolute atomic E-state index is 4.68. The van der Waals surface area contributed by atoms with E-state index in [2.05, 4.69) is 24.0 Å². The summed E-state index contributed by atoms with van der Waals surface area (Å²) in [4.78, 5) is 0. The normalized spacial score (nSPS) is 10.5.